The monoisotopic (exact) mass is 486 g/mol. The summed E-state index contributed by atoms with van der Waals surface area (Å²) in [5, 5.41) is 15.0. The van der Waals surface area contributed by atoms with Gasteiger partial charge in [-0.05, 0) is 79.3 Å². The predicted molar refractivity (Wildman–Crippen MR) is 138 cm³/mol. The van der Waals surface area contributed by atoms with E-state index in [9.17, 15) is 9.59 Å². The molecule has 0 radical (unpaired) electrons. The van der Waals surface area contributed by atoms with Gasteiger partial charge in [-0.25, -0.2) is 4.79 Å². The van der Waals surface area contributed by atoms with Crippen LogP contribution in [0.5, 0.6) is 0 Å². The third kappa shape index (κ3) is 5.55. The maximum atomic E-state index is 13.4. The molecule has 1 aliphatic carbocycles. The van der Waals surface area contributed by atoms with Crippen LogP contribution in [0.4, 0.5) is 10.5 Å². The Balaban J connectivity index is 1.23. The summed E-state index contributed by atoms with van der Waals surface area (Å²) in [5.74, 6) is 1.21. The molecule has 0 unspecified atom stereocenters. The highest BCUT2D eigenvalue weighted by molar-refractivity contribution is 5.97. The van der Waals surface area contributed by atoms with Crippen molar-refractivity contribution in [3.63, 3.8) is 0 Å². The lowest BCUT2D eigenvalue weighted by molar-refractivity contribution is 0.0713. The van der Waals surface area contributed by atoms with Crippen LogP contribution in [0.1, 0.15) is 77.4 Å². The number of ether oxygens (including phenoxy) is 1. The first-order valence-corrected chi connectivity index (χ1v) is 13.2. The number of amides is 3. The molecule has 36 heavy (non-hydrogen) atoms. The molecule has 3 aliphatic rings. The Bertz CT molecular complexity index is 1120. The van der Waals surface area contributed by atoms with E-state index in [2.05, 4.69) is 16.7 Å². The van der Waals surface area contributed by atoms with Crippen LogP contribution >= 0.6 is 0 Å². The van der Waals surface area contributed by atoms with Crippen molar-refractivity contribution >= 4 is 17.6 Å². The molecule has 2 aliphatic heterocycles. The van der Waals surface area contributed by atoms with Crippen LogP contribution in [0, 0.1) is 17.2 Å². The zero-order chi connectivity index (χ0) is 24.9. The molecule has 0 spiro atoms. The van der Waals surface area contributed by atoms with Crippen LogP contribution in [0.15, 0.2) is 42.5 Å². The first-order chi connectivity index (χ1) is 17.6. The van der Waals surface area contributed by atoms with E-state index in [1.807, 2.05) is 47.4 Å². The smallest absolute Gasteiger partial charge is 0.319 e. The van der Waals surface area contributed by atoms with Crippen LogP contribution in [0.25, 0.3) is 0 Å². The summed E-state index contributed by atoms with van der Waals surface area (Å²) in [5.41, 5.74) is 4.39. The molecule has 2 aromatic rings. The first kappa shape index (κ1) is 24.3. The molecule has 0 aromatic heterocycles. The van der Waals surface area contributed by atoms with Crippen molar-refractivity contribution in [3.8, 4) is 6.07 Å². The molecule has 3 fully saturated rings. The third-order valence-corrected chi connectivity index (χ3v) is 7.96. The number of hydrogen-bond donors (Lipinski definition) is 2. The molecule has 188 valence electrons. The molecule has 5 rings (SSSR count). The molecule has 0 bridgehead atoms. The number of piperidine rings is 1. The lowest BCUT2D eigenvalue weighted by Gasteiger charge is -2.33. The molecule has 2 N–H and O–H groups in total. The highest BCUT2D eigenvalue weighted by Crippen LogP contribution is 2.40. The highest BCUT2D eigenvalue weighted by Gasteiger charge is 2.27. The van der Waals surface area contributed by atoms with E-state index in [1.165, 1.54) is 12.0 Å². The standard InChI is InChI=1S/C29H34N4O3/c30-17-20-4-6-22(7-5-20)23-10-13-33(14-11-23)28(34)25-8-9-26(24-2-1-3-24)27(16-25)32-29(35)31-18-21-12-15-36-19-21/h4-9,16,21,23-24H,1-3,10-15,18-19H2,(H2,31,32,35)/t21-/m0/s1. The number of rotatable bonds is 6. The fraction of sp³-hybridized carbons (Fsp3) is 0.483. The quantitative estimate of drug-likeness (QED) is 0.601. The summed E-state index contributed by atoms with van der Waals surface area (Å²) in [6.45, 7) is 3.44. The van der Waals surface area contributed by atoms with E-state index < -0.39 is 0 Å². The lowest BCUT2D eigenvalue weighted by atomic mass is 9.79. The minimum absolute atomic E-state index is 0.0139. The van der Waals surface area contributed by atoms with Gasteiger partial charge in [0.15, 0.2) is 0 Å². The van der Waals surface area contributed by atoms with Gasteiger partial charge in [0.25, 0.3) is 5.91 Å². The van der Waals surface area contributed by atoms with Gasteiger partial charge in [0.05, 0.1) is 18.2 Å². The van der Waals surface area contributed by atoms with Crippen molar-refractivity contribution in [2.75, 3.05) is 38.2 Å². The van der Waals surface area contributed by atoms with Crippen molar-refractivity contribution in [3.05, 3.63) is 64.7 Å². The fourth-order valence-electron chi connectivity index (χ4n) is 5.45. The molecule has 7 nitrogen and oxygen atoms in total. The van der Waals surface area contributed by atoms with Gasteiger partial charge in [0, 0.05) is 43.4 Å². The van der Waals surface area contributed by atoms with Crippen LogP contribution < -0.4 is 10.6 Å². The van der Waals surface area contributed by atoms with Gasteiger partial charge in [-0.1, -0.05) is 24.6 Å². The van der Waals surface area contributed by atoms with E-state index >= 15 is 0 Å². The maximum absolute atomic E-state index is 13.4. The van der Waals surface area contributed by atoms with E-state index in [-0.39, 0.29) is 11.9 Å². The Hall–Kier alpha value is -3.37. The molecule has 1 atom stereocenters. The number of anilines is 1. The Morgan fingerprint density at radius 1 is 1.00 bits per heavy atom. The van der Waals surface area contributed by atoms with Gasteiger partial charge in [0.2, 0.25) is 0 Å². The topological polar surface area (TPSA) is 94.5 Å². The van der Waals surface area contributed by atoms with Gasteiger partial charge in [-0.3, -0.25) is 4.79 Å². The van der Waals surface area contributed by atoms with Crippen LogP contribution in [0.3, 0.4) is 0 Å². The van der Waals surface area contributed by atoms with Crippen molar-refractivity contribution in [1.82, 2.24) is 10.2 Å². The van der Waals surface area contributed by atoms with Gasteiger partial charge in [-0.15, -0.1) is 0 Å². The molecule has 1 saturated carbocycles. The molecule has 2 aromatic carbocycles. The summed E-state index contributed by atoms with van der Waals surface area (Å²) in [6, 6.07) is 15.5. The minimum Gasteiger partial charge on any atom is -0.381 e. The number of nitrogens with one attached hydrogen (secondary N) is 2. The first-order valence-electron chi connectivity index (χ1n) is 13.2. The van der Waals surface area contributed by atoms with Crippen LogP contribution in [0.2, 0.25) is 0 Å². The van der Waals surface area contributed by atoms with E-state index in [1.54, 1.807) is 0 Å². The summed E-state index contributed by atoms with van der Waals surface area (Å²) in [6.07, 6.45) is 6.20. The number of likely N-dealkylation sites (tertiary alicyclic amines) is 1. The average Bonchev–Trinajstić information content (AvgIpc) is 3.41. The van der Waals surface area contributed by atoms with E-state index in [0.717, 1.165) is 50.0 Å². The maximum Gasteiger partial charge on any atom is 0.319 e. The van der Waals surface area contributed by atoms with Crippen LogP contribution in [-0.2, 0) is 4.74 Å². The zero-order valence-corrected chi connectivity index (χ0v) is 20.7. The number of carbonyl (C=O) groups excluding carboxylic acids is 2. The molecule has 2 saturated heterocycles. The van der Waals surface area contributed by atoms with Crippen molar-refractivity contribution in [2.24, 2.45) is 5.92 Å². The normalized spacial score (nSPS) is 20.4. The van der Waals surface area contributed by atoms with Crippen LogP contribution in [-0.4, -0.2) is 49.7 Å². The molecular weight excluding hydrogens is 452 g/mol. The molecule has 3 amide bonds. The SMILES string of the molecule is N#Cc1ccc(C2CCN(C(=O)c3ccc(C4CCC4)c(NC(=O)NC[C@@H]4CCOC4)c3)CC2)cc1. The Morgan fingerprint density at radius 3 is 2.42 bits per heavy atom. The minimum atomic E-state index is -0.227. The van der Waals surface area contributed by atoms with Crippen molar-refractivity contribution < 1.29 is 14.3 Å². The number of nitrogens with zero attached hydrogens (tertiary/aromatic N) is 2. The van der Waals surface area contributed by atoms with Gasteiger partial charge >= 0.3 is 6.03 Å². The Labute approximate surface area is 212 Å². The van der Waals surface area contributed by atoms with Gasteiger partial charge in [0.1, 0.15) is 0 Å². The second-order valence-corrected chi connectivity index (χ2v) is 10.3. The number of hydrogen-bond acceptors (Lipinski definition) is 4. The molecule has 7 heteroatoms. The Kier molecular flexibility index (Phi) is 7.52. The molecular formula is C29H34N4O3. The Morgan fingerprint density at radius 2 is 1.78 bits per heavy atom. The van der Waals surface area contributed by atoms with Gasteiger partial charge in [-0.2, -0.15) is 5.26 Å². The second kappa shape index (κ2) is 11.1. The van der Waals surface area contributed by atoms with E-state index in [0.29, 0.717) is 55.1 Å². The average molecular weight is 487 g/mol. The highest BCUT2D eigenvalue weighted by atomic mass is 16.5. The lowest BCUT2D eigenvalue weighted by Crippen LogP contribution is -2.38. The second-order valence-electron chi connectivity index (χ2n) is 10.3. The fourth-order valence-corrected chi connectivity index (χ4v) is 5.45. The predicted octanol–water partition coefficient (Wildman–Crippen LogP) is 5.00. The third-order valence-electron chi connectivity index (χ3n) is 7.96. The largest absolute Gasteiger partial charge is 0.381 e. The summed E-state index contributed by atoms with van der Waals surface area (Å²) in [7, 11) is 0. The number of carbonyl (C=O) groups is 2. The number of nitriles is 1. The zero-order valence-electron chi connectivity index (χ0n) is 20.7. The number of urea groups is 1. The van der Waals surface area contributed by atoms with Crippen molar-refractivity contribution in [1.29, 1.82) is 5.26 Å². The van der Waals surface area contributed by atoms with Gasteiger partial charge < -0.3 is 20.3 Å². The van der Waals surface area contributed by atoms with E-state index in [4.69, 9.17) is 10.00 Å². The summed E-state index contributed by atoms with van der Waals surface area (Å²) >= 11 is 0. The molecule has 2 heterocycles. The van der Waals surface area contributed by atoms with Crippen molar-refractivity contribution in [2.45, 2.75) is 50.4 Å². The number of benzene rings is 2. The summed E-state index contributed by atoms with van der Waals surface area (Å²) in [4.78, 5) is 28.0. The summed E-state index contributed by atoms with van der Waals surface area (Å²) < 4.78 is 5.40.